The van der Waals surface area contributed by atoms with Crippen molar-refractivity contribution in [2.45, 2.75) is 25.4 Å². The van der Waals surface area contributed by atoms with Crippen LogP contribution >= 0.6 is 0 Å². The highest BCUT2D eigenvalue weighted by molar-refractivity contribution is 6.12. The third-order valence-corrected chi connectivity index (χ3v) is 4.02. The third-order valence-electron chi connectivity index (χ3n) is 4.02. The molecular formula is C19H15F3O. The second-order valence-electron chi connectivity index (χ2n) is 5.63. The number of aryl methyl sites for hydroxylation is 1. The normalized spacial score (nSPS) is 17.0. The van der Waals surface area contributed by atoms with Gasteiger partial charge in [-0.1, -0.05) is 36.4 Å². The number of benzene rings is 2. The van der Waals surface area contributed by atoms with Crippen LogP contribution in [0.5, 0.6) is 0 Å². The zero-order valence-corrected chi connectivity index (χ0v) is 12.4. The Labute approximate surface area is 132 Å². The number of rotatable bonds is 1. The molecule has 0 N–H and O–H groups in total. The van der Waals surface area contributed by atoms with Gasteiger partial charge in [0.1, 0.15) is 0 Å². The molecule has 1 aliphatic carbocycles. The Morgan fingerprint density at radius 3 is 2.30 bits per heavy atom. The van der Waals surface area contributed by atoms with Crippen LogP contribution in [-0.2, 0) is 12.6 Å². The second kappa shape index (κ2) is 6.03. The Morgan fingerprint density at radius 2 is 1.61 bits per heavy atom. The number of halogens is 3. The van der Waals surface area contributed by atoms with Gasteiger partial charge in [0.25, 0.3) is 0 Å². The SMILES string of the molecule is O=C1/C(=C/c2ccc(C(F)(F)F)cc2)CCCc2ccccc21. The molecule has 1 nitrogen and oxygen atoms in total. The van der Waals surface area contributed by atoms with Crippen LogP contribution in [-0.4, -0.2) is 5.78 Å². The summed E-state index contributed by atoms with van der Waals surface area (Å²) in [6.45, 7) is 0. The summed E-state index contributed by atoms with van der Waals surface area (Å²) in [7, 11) is 0. The first-order chi connectivity index (χ1) is 10.9. The van der Waals surface area contributed by atoms with E-state index < -0.39 is 11.7 Å². The van der Waals surface area contributed by atoms with Gasteiger partial charge in [0.05, 0.1) is 5.56 Å². The van der Waals surface area contributed by atoms with Gasteiger partial charge in [-0.05, 0) is 48.6 Å². The molecule has 4 heteroatoms. The van der Waals surface area contributed by atoms with E-state index in [9.17, 15) is 18.0 Å². The van der Waals surface area contributed by atoms with E-state index in [0.717, 1.165) is 30.5 Å². The summed E-state index contributed by atoms with van der Waals surface area (Å²) < 4.78 is 37.8. The van der Waals surface area contributed by atoms with Gasteiger partial charge in [0.2, 0.25) is 0 Å². The Hall–Kier alpha value is -2.36. The fraction of sp³-hybridized carbons (Fsp3) is 0.211. The lowest BCUT2D eigenvalue weighted by molar-refractivity contribution is -0.137. The maximum Gasteiger partial charge on any atom is 0.416 e. The number of alkyl halides is 3. The van der Waals surface area contributed by atoms with Crippen molar-refractivity contribution in [3.63, 3.8) is 0 Å². The Kier molecular flexibility index (Phi) is 4.07. The molecule has 3 rings (SSSR count). The molecule has 0 saturated heterocycles. The summed E-state index contributed by atoms with van der Waals surface area (Å²) in [6, 6.07) is 12.4. The van der Waals surface area contributed by atoms with Gasteiger partial charge in [0, 0.05) is 11.1 Å². The van der Waals surface area contributed by atoms with Gasteiger partial charge in [-0.25, -0.2) is 0 Å². The fourth-order valence-corrected chi connectivity index (χ4v) is 2.82. The van der Waals surface area contributed by atoms with E-state index in [1.165, 1.54) is 12.1 Å². The average Bonchev–Trinajstić information content (AvgIpc) is 2.67. The van der Waals surface area contributed by atoms with Crippen LogP contribution in [0.25, 0.3) is 6.08 Å². The minimum Gasteiger partial charge on any atom is -0.289 e. The number of carbonyl (C=O) groups excluding carboxylic acids is 1. The maximum absolute atomic E-state index is 12.6. The largest absolute Gasteiger partial charge is 0.416 e. The minimum atomic E-state index is -4.34. The molecule has 0 aliphatic heterocycles. The molecule has 2 aromatic rings. The first-order valence-corrected chi connectivity index (χ1v) is 7.45. The summed E-state index contributed by atoms with van der Waals surface area (Å²) in [5.74, 6) is -0.0296. The number of Topliss-reactive ketones (excluding diaryl/α,β-unsaturated/α-hetero) is 1. The van der Waals surface area contributed by atoms with Gasteiger partial charge in [-0.3, -0.25) is 4.79 Å². The molecule has 0 unspecified atom stereocenters. The molecule has 0 saturated carbocycles. The molecule has 0 bridgehead atoms. The third kappa shape index (κ3) is 3.36. The van der Waals surface area contributed by atoms with E-state index in [0.29, 0.717) is 23.1 Å². The molecule has 0 aromatic heterocycles. The molecule has 0 radical (unpaired) electrons. The highest BCUT2D eigenvalue weighted by atomic mass is 19.4. The van der Waals surface area contributed by atoms with Crippen LogP contribution in [0, 0.1) is 0 Å². The van der Waals surface area contributed by atoms with E-state index in [-0.39, 0.29) is 5.78 Å². The van der Waals surface area contributed by atoms with Gasteiger partial charge in [0.15, 0.2) is 5.78 Å². The number of fused-ring (bicyclic) bond motifs is 1. The van der Waals surface area contributed by atoms with Crippen molar-refractivity contribution in [3.05, 3.63) is 76.4 Å². The molecule has 0 spiro atoms. The van der Waals surface area contributed by atoms with Crippen molar-refractivity contribution in [2.75, 3.05) is 0 Å². The van der Waals surface area contributed by atoms with Crippen molar-refractivity contribution < 1.29 is 18.0 Å². The van der Waals surface area contributed by atoms with Gasteiger partial charge >= 0.3 is 6.18 Å². The van der Waals surface area contributed by atoms with Gasteiger partial charge < -0.3 is 0 Å². The molecule has 0 fully saturated rings. The summed E-state index contributed by atoms with van der Waals surface area (Å²) >= 11 is 0. The minimum absolute atomic E-state index is 0.0296. The molecular weight excluding hydrogens is 301 g/mol. The monoisotopic (exact) mass is 316 g/mol. The van der Waals surface area contributed by atoms with Crippen LogP contribution < -0.4 is 0 Å². The van der Waals surface area contributed by atoms with Crippen molar-refractivity contribution in [1.82, 2.24) is 0 Å². The number of ketones is 1. The fourth-order valence-electron chi connectivity index (χ4n) is 2.82. The van der Waals surface area contributed by atoms with Crippen molar-refractivity contribution in [1.29, 1.82) is 0 Å². The predicted molar refractivity (Wildman–Crippen MR) is 83.1 cm³/mol. The van der Waals surface area contributed by atoms with Crippen LogP contribution in [0.15, 0.2) is 54.1 Å². The first-order valence-electron chi connectivity index (χ1n) is 7.45. The smallest absolute Gasteiger partial charge is 0.289 e. The molecule has 0 atom stereocenters. The van der Waals surface area contributed by atoms with E-state index in [1.54, 1.807) is 6.08 Å². The zero-order chi connectivity index (χ0) is 16.4. The summed E-state index contributed by atoms with van der Waals surface area (Å²) in [5.41, 5.74) is 2.31. The van der Waals surface area contributed by atoms with Crippen LogP contribution in [0.2, 0.25) is 0 Å². The number of allylic oxidation sites excluding steroid dienone is 1. The zero-order valence-electron chi connectivity index (χ0n) is 12.4. The maximum atomic E-state index is 12.6. The summed E-state index contributed by atoms with van der Waals surface area (Å²) in [4.78, 5) is 12.6. The van der Waals surface area contributed by atoms with E-state index in [2.05, 4.69) is 0 Å². The first kappa shape index (κ1) is 15.5. The highest BCUT2D eigenvalue weighted by Crippen LogP contribution is 2.30. The topological polar surface area (TPSA) is 17.1 Å². The Bertz CT molecular complexity index is 755. The lowest BCUT2D eigenvalue weighted by Gasteiger charge is -2.07. The number of carbonyl (C=O) groups is 1. The summed E-state index contributed by atoms with van der Waals surface area (Å²) in [6.07, 6.45) is -0.316. The predicted octanol–water partition coefficient (Wildman–Crippen LogP) is 5.31. The van der Waals surface area contributed by atoms with Crippen LogP contribution in [0.1, 0.15) is 39.9 Å². The molecule has 0 heterocycles. The van der Waals surface area contributed by atoms with Gasteiger partial charge in [-0.2, -0.15) is 13.2 Å². The number of hydrogen-bond donors (Lipinski definition) is 0. The molecule has 23 heavy (non-hydrogen) atoms. The lowest BCUT2D eigenvalue weighted by atomic mass is 9.98. The van der Waals surface area contributed by atoms with Crippen molar-refractivity contribution in [3.8, 4) is 0 Å². The van der Waals surface area contributed by atoms with Crippen molar-refractivity contribution >= 4 is 11.9 Å². The second-order valence-corrected chi connectivity index (χ2v) is 5.63. The number of hydrogen-bond acceptors (Lipinski definition) is 1. The Morgan fingerprint density at radius 1 is 0.913 bits per heavy atom. The van der Waals surface area contributed by atoms with E-state index in [4.69, 9.17) is 0 Å². The van der Waals surface area contributed by atoms with Crippen LogP contribution in [0.4, 0.5) is 13.2 Å². The average molecular weight is 316 g/mol. The standard InChI is InChI=1S/C19H15F3O/c20-19(21,22)16-10-8-13(9-11-16)12-15-6-3-5-14-4-1-2-7-17(14)18(15)23/h1-2,4,7-12H,3,5-6H2/b15-12+. The molecule has 118 valence electrons. The van der Waals surface area contributed by atoms with Crippen LogP contribution in [0.3, 0.4) is 0 Å². The molecule has 0 amide bonds. The van der Waals surface area contributed by atoms with Crippen molar-refractivity contribution in [2.24, 2.45) is 0 Å². The lowest BCUT2D eigenvalue weighted by Crippen LogP contribution is -2.05. The Balaban J connectivity index is 1.92. The van der Waals surface area contributed by atoms with E-state index >= 15 is 0 Å². The summed E-state index contributed by atoms with van der Waals surface area (Å²) in [5, 5.41) is 0. The quantitative estimate of drug-likeness (QED) is 0.515. The van der Waals surface area contributed by atoms with E-state index in [1.807, 2.05) is 24.3 Å². The molecule has 1 aliphatic rings. The molecule has 2 aromatic carbocycles. The highest BCUT2D eigenvalue weighted by Gasteiger charge is 2.29. The van der Waals surface area contributed by atoms with Gasteiger partial charge in [-0.15, -0.1) is 0 Å².